The molecular weight excluding hydrogens is 474 g/mol. The fraction of sp³-hybridized carbons (Fsp3) is 0.615. The molecule has 2 aromatic rings. The number of carbonyl (C=O) groups is 3. The maximum Gasteiger partial charge on any atom is 0.329 e. The number of nitrogens with zero attached hydrogens (tertiary/aromatic N) is 7. The van der Waals surface area contributed by atoms with Gasteiger partial charge in [-0.15, -0.1) is 0 Å². The van der Waals surface area contributed by atoms with Crippen LogP contribution in [0, 0.1) is 23.2 Å². The molecule has 0 N–H and O–H groups in total. The molecule has 0 bridgehead atoms. The molecule has 11 nitrogen and oxygen atoms in total. The van der Waals surface area contributed by atoms with Gasteiger partial charge in [-0.3, -0.25) is 14.2 Å². The predicted molar refractivity (Wildman–Crippen MR) is 137 cm³/mol. The normalized spacial score (nSPS) is 19.7. The largest absolute Gasteiger partial charge is 0.464 e. The summed E-state index contributed by atoms with van der Waals surface area (Å²) in [5.41, 5.74) is 0.483. The molecule has 1 saturated heterocycles. The lowest BCUT2D eigenvalue weighted by Crippen LogP contribution is -2.52. The maximum atomic E-state index is 13.1. The second-order valence-corrected chi connectivity index (χ2v) is 10.2. The number of fused-ring (bicyclic) bond motifs is 1. The van der Waals surface area contributed by atoms with Crippen LogP contribution in [0.15, 0.2) is 18.6 Å². The van der Waals surface area contributed by atoms with Gasteiger partial charge in [-0.05, 0) is 37.2 Å². The van der Waals surface area contributed by atoms with Crippen LogP contribution in [0.2, 0.25) is 0 Å². The lowest BCUT2D eigenvalue weighted by molar-refractivity contribution is -0.145. The van der Waals surface area contributed by atoms with Crippen LogP contribution in [0.1, 0.15) is 45.4 Å². The molecule has 4 rings (SSSR count). The highest BCUT2D eigenvalue weighted by molar-refractivity contribution is 5.94. The minimum atomic E-state index is -0.281. The van der Waals surface area contributed by atoms with Crippen LogP contribution in [0.25, 0.3) is 11.0 Å². The standard InChI is InChI=1S/C26H35N7O4/c1-18-8-11-32(22(34)7-10-27)16-21(18)31(3)24-20-9-12-33(25(20)29-17-28-24)26(36)30(2)13-14-37-23(35)15-19-5-4-6-19/h9,12,17-19,21H,4-8,11,13-16H2,1-3H3/t18-,21+/m1/s1. The number of rotatable bonds is 8. The quantitative estimate of drug-likeness (QED) is 0.498. The van der Waals surface area contributed by atoms with E-state index in [0.29, 0.717) is 42.8 Å². The predicted octanol–water partition coefficient (Wildman–Crippen LogP) is 2.65. The number of esters is 1. The lowest BCUT2D eigenvalue weighted by Gasteiger charge is -2.42. The molecule has 2 aromatic heterocycles. The first-order valence-corrected chi connectivity index (χ1v) is 12.9. The molecule has 198 valence electrons. The van der Waals surface area contributed by atoms with Crippen molar-refractivity contribution in [2.24, 2.45) is 11.8 Å². The third-order valence-electron chi connectivity index (χ3n) is 7.70. The first-order valence-electron chi connectivity index (χ1n) is 12.9. The second kappa shape index (κ2) is 11.6. The zero-order valence-corrected chi connectivity index (χ0v) is 21.8. The van der Waals surface area contributed by atoms with Crippen LogP contribution in [0.4, 0.5) is 10.6 Å². The second-order valence-electron chi connectivity index (χ2n) is 10.2. The van der Waals surface area contributed by atoms with Crippen molar-refractivity contribution in [3.8, 4) is 6.07 Å². The number of ether oxygens (including phenoxy) is 1. The summed E-state index contributed by atoms with van der Waals surface area (Å²) in [6.45, 7) is 3.72. The number of hydrogen-bond acceptors (Lipinski definition) is 8. The summed E-state index contributed by atoms with van der Waals surface area (Å²) in [5.74, 6) is 1.07. The Hall–Kier alpha value is -3.68. The Labute approximate surface area is 217 Å². The van der Waals surface area contributed by atoms with E-state index in [9.17, 15) is 14.4 Å². The summed E-state index contributed by atoms with van der Waals surface area (Å²) in [6.07, 6.45) is 7.63. The molecule has 2 amide bonds. The molecule has 1 aliphatic heterocycles. The number of anilines is 1. The Morgan fingerprint density at radius 2 is 2.00 bits per heavy atom. The number of aromatic nitrogens is 3. The monoisotopic (exact) mass is 509 g/mol. The van der Waals surface area contributed by atoms with Gasteiger partial charge in [-0.1, -0.05) is 13.3 Å². The summed E-state index contributed by atoms with van der Waals surface area (Å²) in [4.78, 5) is 51.6. The van der Waals surface area contributed by atoms with Gasteiger partial charge in [0.2, 0.25) is 5.91 Å². The van der Waals surface area contributed by atoms with Gasteiger partial charge in [0.05, 0.1) is 24.0 Å². The highest BCUT2D eigenvalue weighted by atomic mass is 16.5. The smallest absolute Gasteiger partial charge is 0.329 e. The molecule has 1 aliphatic carbocycles. The first-order chi connectivity index (χ1) is 17.8. The third kappa shape index (κ3) is 5.84. The molecule has 0 unspecified atom stereocenters. The van der Waals surface area contributed by atoms with Gasteiger partial charge in [0.1, 0.15) is 25.2 Å². The van der Waals surface area contributed by atoms with Crippen molar-refractivity contribution >= 4 is 34.8 Å². The number of carbonyl (C=O) groups excluding carboxylic acids is 3. The number of hydrogen-bond donors (Lipinski definition) is 0. The Balaban J connectivity index is 1.43. The van der Waals surface area contributed by atoms with Crippen LogP contribution in [0.3, 0.4) is 0 Å². The highest BCUT2D eigenvalue weighted by Gasteiger charge is 2.33. The van der Waals surface area contributed by atoms with Crippen LogP contribution in [-0.4, -0.2) is 88.6 Å². The fourth-order valence-corrected chi connectivity index (χ4v) is 5.06. The van der Waals surface area contributed by atoms with E-state index in [1.807, 2.05) is 24.1 Å². The van der Waals surface area contributed by atoms with E-state index in [2.05, 4.69) is 16.9 Å². The minimum absolute atomic E-state index is 0.00541. The van der Waals surface area contributed by atoms with Crippen LogP contribution in [0.5, 0.6) is 0 Å². The van der Waals surface area contributed by atoms with Crippen LogP contribution in [-0.2, 0) is 14.3 Å². The Kier molecular flexibility index (Phi) is 8.26. The van der Waals surface area contributed by atoms with E-state index in [4.69, 9.17) is 10.00 Å². The number of nitriles is 1. The molecule has 37 heavy (non-hydrogen) atoms. The molecule has 2 fully saturated rings. The van der Waals surface area contributed by atoms with E-state index < -0.39 is 0 Å². The Morgan fingerprint density at radius 1 is 1.22 bits per heavy atom. The number of piperidine rings is 1. The average molecular weight is 510 g/mol. The van der Waals surface area contributed by atoms with E-state index in [0.717, 1.165) is 24.6 Å². The molecule has 0 aromatic carbocycles. The van der Waals surface area contributed by atoms with Gasteiger partial charge in [-0.25, -0.2) is 14.8 Å². The summed E-state index contributed by atoms with van der Waals surface area (Å²) >= 11 is 0. The number of likely N-dealkylation sites (tertiary alicyclic amines) is 1. The summed E-state index contributed by atoms with van der Waals surface area (Å²) in [5, 5.41) is 9.64. The van der Waals surface area contributed by atoms with Crippen molar-refractivity contribution in [1.82, 2.24) is 24.3 Å². The Bertz CT molecular complexity index is 1190. The molecule has 3 heterocycles. The van der Waals surface area contributed by atoms with Crippen molar-refractivity contribution in [1.29, 1.82) is 5.26 Å². The third-order valence-corrected chi connectivity index (χ3v) is 7.70. The Morgan fingerprint density at radius 3 is 2.70 bits per heavy atom. The van der Waals surface area contributed by atoms with Gasteiger partial charge in [0, 0.05) is 39.8 Å². The van der Waals surface area contributed by atoms with E-state index in [1.54, 1.807) is 18.1 Å². The van der Waals surface area contributed by atoms with Gasteiger partial charge in [0.15, 0.2) is 5.65 Å². The zero-order chi connectivity index (χ0) is 26.5. The van der Waals surface area contributed by atoms with Crippen LogP contribution < -0.4 is 4.90 Å². The molecule has 2 atom stereocenters. The molecule has 11 heteroatoms. The number of amides is 2. The highest BCUT2D eigenvalue weighted by Crippen LogP contribution is 2.30. The average Bonchev–Trinajstić information content (AvgIpc) is 3.30. The van der Waals surface area contributed by atoms with Gasteiger partial charge in [0.25, 0.3) is 0 Å². The molecular formula is C26H35N7O4. The molecule has 2 aliphatic rings. The van der Waals surface area contributed by atoms with E-state index >= 15 is 0 Å². The lowest BCUT2D eigenvalue weighted by atomic mass is 9.83. The summed E-state index contributed by atoms with van der Waals surface area (Å²) < 4.78 is 6.79. The van der Waals surface area contributed by atoms with Crippen molar-refractivity contribution < 1.29 is 19.1 Å². The SMILES string of the molecule is C[C@@H]1CCN(C(=O)CC#N)C[C@@H]1N(C)c1ncnc2c1ccn2C(=O)N(C)CCOC(=O)CC1CCC1. The number of likely N-dealkylation sites (N-methyl/N-ethyl adjacent to an activating group) is 2. The van der Waals surface area contributed by atoms with Crippen molar-refractivity contribution in [3.05, 3.63) is 18.6 Å². The van der Waals surface area contributed by atoms with Crippen molar-refractivity contribution in [3.63, 3.8) is 0 Å². The van der Waals surface area contributed by atoms with Crippen molar-refractivity contribution in [2.75, 3.05) is 45.2 Å². The summed E-state index contributed by atoms with van der Waals surface area (Å²) in [7, 11) is 3.60. The van der Waals surface area contributed by atoms with Gasteiger partial charge >= 0.3 is 12.0 Å². The summed E-state index contributed by atoms with van der Waals surface area (Å²) in [6, 6.07) is 3.48. The zero-order valence-electron chi connectivity index (χ0n) is 21.8. The van der Waals surface area contributed by atoms with E-state index in [-0.39, 0.29) is 43.5 Å². The van der Waals surface area contributed by atoms with Gasteiger partial charge in [-0.2, -0.15) is 5.26 Å². The molecule has 0 radical (unpaired) electrons. The first kappa shape index (κ1) is 26.4. The van der Waals surface area contributed by atoms with Crippen molar-refractivity contribution in [2.45, 2.75) is 51.5 Å². The molecule has 0 spiro atoms. The topological polar surface area (TPSA) is 125 Å². The fourth-order valence-electron chi connectivity index (χ4n) is 5.06. The van der Waals surface area contributed by atoms with E-state index in [1.165, 1.54) is 22.2 Å². The molecule has 1 saturated carbocycles. The maximum absolute atomic E-state index is 13.1. The minimum Gasteiger partial charge on any atom is -0.464 e. The van der Waals surface area contributed by atoms with Gasteiger partial charge < -0.3 is 19.4 Å². The van der Waals surface area contributed by atoms with Crippen LogP contribution >= 0.6 is 0 Å².